The molecule has 0 aliphatic carbocycles. The fourth-order valence-electron chi connectivity index (χ4n) is 2.86. The highest BCUT2D eigenvalue weighted by Crippen LogP contribution is 2.19. The molecule has 2 N–H and O–H groups in total. The SMILES string of the molecule is Cc1nn(Cc2ccccc2Cl)c(C)c1C(=O)NNC(=O)c1ccccc1Cl. The minimum atomic E-state index is -0.502. The number of nitrogens with zero attached hydrogens (tertiary/aromatic N) is 2. The summed E-state index contributed by atoms with van der Waals surface area (Å²) in [5.41, 5.74) is 7.58. The molecule has 1 heterocycles. The van der Waals surface area contributed by atoms with Crippen LogP contribution in [0.2, 0.25) is 10.0 Å². The summed E-state index contributed by atoms with van der Waals surface area (Å²) in [5, 5.41) is 5.36. The molecule has 0 spiro atoms. The van der Waals surface area contributed by atoms with Crippen molar-refractivity contribution >= 4 is 35.0 Å². The molecule has 0 aliphatic heterocycles. The van der Waals surface area contributed by atoms with Crippen molar-refractivity contribution in [1.29, 1.82) is 0 Å². The summed E-state index contributed by atoms with van der Waals surface area (Å²) in [6.07, 6.45) is 0. The second-order valence-corrected chi connectivity index (χ2v) is 7.00. The molecule has 0 unspecified atom stereocenters. The molecule has 2 aromatic carbocycles. The van der Waals surface area contributed by atoms with Gasteiger partial charge in [0.05, 0.1) is 28.4 Å². The number of halogens is 2. The van der Waals surface area contributed by atoms with E-state index < -0.39 is 11.8 Å². The molecule has 0 bridgehead atoms. The van der Waals surface area contributed by atoms with Gasteiger partial charge in [-0.2, -0.15) is 5.10 Å². The van der Waals surface area contributed by atoms with Crippen LogP contribution in [0.25, 0.3) is 0 Å². The highest BCUT2D eigenvalue weighted by Gasteiger charge is 2.20. The maximum Gasteiger partial charge on any atom is 0.273 e. The largest absolute Gasteiger partial charge is 0.273 e. The van der Waals surface area contributed by atoms with Crippen molar-refractivity contribution in [2.45, 2.75) is 20.4 Å². The molecule has 0 aliphatic rings. The summed E-state index contributed by atoms with van der Waals surface area (Å²) in [7, 11) is 0. The summed E-state index contributed by atoms with van der Waals surface area (Å²) in [5.74, 6) is -0.960. The molecule has 2 amide bonds. The second kappa shape index (κ2) is 8.46. The Labute approximate surface area is 172 Å². The molecule has 144 valence electrons. The molecule has 1 aromatic heterocycles. The molecule has 0 radical (unpaired) electrons. The number of rotatable bonds is 4. The standard InChI is InChI=1S/C20H18Cl2N4O2/c1-12-18(13(2)26(25-12)11-14-7-3-5-9-16(14)21)20(28)24-23-19(27)15-8-4-6-10-17(15)22/h3-10H,11H2,1-2H3,(H,23,27)(H,24,28). The van der Waals surface area contributed by atoms with Crippen LogP contribution in [0.1, 0.15) is 37.7 Å². The Bertz CT molecular complexity index is 1050. The van der Waals surface area contributed by atoms with Crippen molar-refractivity contribution < 1.29 is 9.59 Å². The minimum absolute atomic E-state index is 0.271. The smallest absolute Gasteiger partial charge is 0.267 e. The number of hydrogen-bond donors (Lipinski definition) is 2. The normalized spacial score (nSPS) is 10.6. The quantitative estimate of drug-likeness (QED) is 0.632. The van der Waals surface area contributed by atoms with Crippen LogP contribution in [0.4, 0.5) is 0 Å². The molecule has 0 saturated carbocycles. The lowest BCUT2D eigenvalue weighted by Gasteiger charge is -2.09. The number of carbonyl (C=O) groups excluding carboxylic acids is 2. The Morgan fingerprint density at radius 3 is 2.21 bits per heavy atom. The van der Waals surface area contributed by atoms with Crippen LogP contribution in [0.3, 0.4) is 0 Å². The van der Waals surface area contributed by atoms with E-state index in [0.717, 1.165) is 5.56 Å². The van der Waals surface area contributed by atoms with E-state index in [1.165, 1.54) is 0 Å². The van der Waals surface area contributed by atoms with Crippen molar-refractivity contribution in [1.82, 2.24) is 20.6 Å². The van der Waals surface area contributed by atoms with Gasteiger partial charge >= 0.3 is 0 Å². The van der Waals surface area contributed by atoms with Gasteiger partial charge in [-0.15, -0.1) is 0 Å². The molecular formula is C20H18Cl2N4O2. The van der Waals surface area contributed by atoms with E-state index in [2.05, 4.69) is 16.0 Å². The third-order valence-corrected chi connectivity index (χ3v) is 4.99. The van der Waals surface area contributed by atoms with Crippen molar-refractivity contribution in [2.75, 3.05) is 0 Å². The summed E-state index contributed by atoms with van der Waals surface area (Å²) < 4.78 is 1.71. The van der Waals surface area contributed by atoms with Gasteiger partial charge < -0.3 is 0 Å². The lowest BCUT2D eigenvalue weighted by Crippen LogP contribution is -2.42. The molecule has 28 heavy (non-hydrogen) atoms. The third-order valence-electron chi connectivity index (χ3n) is 4.29. The predicted molar refractivity (Wildman–Crippen MR) is 109 cm³/mol. The first-order valence-electron chi connectivity index (χ1n) is 8.51. The second-order valence-electron chi connectivity index (χ2n) is 6.18. The van der Waals surface area contributed by atoms with Gasteiger partial charge in [-0.3, -0.25) is 25.1 Å². The van der Waals surface area contributed by atoms with E-state index >= 15 is 0 Å². The summed E-state index contributed by atoms with van der Waals surface area (Å²) in [6, 6.07) is 14.0. The predicted octanol–water partition coefficient (Wildman–Crippen LogP) is 3.93. The fourth-order valence-corrected chi connectivity index (χ4v) is 3.27. The number of carbonyl (C=O) groups is 2. The summed E-state index contributed by atoms with van der Waals surface area (Å²) >= 11 is 12.2. The Morgan fingerprint density at radius 1 is 0.929 bits per heavy atom. The molecule has 0 fully saturated rings. The molecule has 3 aromatic rings. The zero-order chi connectivity index (χ0) is 20.3. The van der Waals surface area contributed by atoms with Crippen LogP contribution in [-0.4, -0.2) is 21.6 Å². The first-order chi connectivity index (χ1) is 13.4. The van der Waals surface area contributed by atoms with Gasteiger partial charge in [0.15, 0.2) is 0 Å². The summed E-state index contributed by atoms with van der Waals surface area (Å²) in [6.45, 7) is 3.97. The molecule has 8 heteroatoms. The van der Waals surface area contributed by atoms with Crippen LogP contribution in [0.5, 0.6) is 0 Å². The molecule has 3 rings (SSSR count). The van der Waals surface area contributed by atoms with Gasteiger partial charge in [-0.05, 0) is 37.6 Å². The Morgan fingerprint density at radius 2 is 1.54 bits per heavy atom. The van der Waals surface area contributed by atoms with Gasteiger partial charge in [0.1, 0.15) is 0 Å². The van der Waals surface area contributed by atoms with E-state index in [1.54, 1.807) is 48.9 Å². The highest BCUT2D eigenvalue weighted by molar-refractivity contribution is 6.33. The number of nitrogens with one attached hydrogen (secondary N) is 2. The number of hydrazine groups is 1. The zero-order valence-electron chi connectivity index (χ0n) is 15.3. The van der Waals surface area contributed by atoms with Gasteiger partial charge in [-0.1, -0.05) is 53.5 Å². The fraction of sp³-hybridized carbons (Fsp3) is 0.150. The van der Waals surface area contributed by atoms with E-state index in [0.29, 0.717) is 33.5 Å². The zero-order valence-corrected chi connectivity index (χ0v) is 16.8. The van der Waals surface area contributed by atoms with Gasteiger partial charge in [0.25, 0.3) is 11.8 Å². The van der Waals surface area contributed by atoms with Gasteiger partial charge in [0, 0.05) is 10.7 Å². The van der Waals surface area contributed by atoms with Crippen molar-refractivity contribution in [3.63, 3.8) is 0 Å². The van der Waals surface area contributed by atoms with E-state index in [9.17, 15) is 9.59 Å². The first kappa shape index (κ1) is 19.9. The number of aromatic nitrogens is 2. The lowest BCUT2D eigenvalue weighted by molar-refractivity contribution is 0.0846. The molecular weight excluding hydrogens is 399 g/mol. The number of aryl methyl sites for hydroxylation is 1. The average Bonchev–Trinajstić information content (AvgIpc) is 2.95. The third kappa shape index (κ3) is 4.18. The van der Waals surface area contributed by atoms with E-state index in [-0.39, 0.29) is 5.56 Å². The van der Waals surface area contributed by atoms with E-state index in [1.807, 2.05) is 18.2 Å². The van der Waals surface area contributed by atoms with Crippen LogP contribution in [-0.2, 0) is 6.54 Å². The molecule has 6 nitrogen and oxygen atoms in total. The Kier molecular flexibility index (Phi) is 6.02. The maximum absolute atomic E-state index is 12.6. The molecule has 0 atom stereocenters. The topological polar surface area (TPSA) is 76.0 Å². The monoisotopic (exact) mass is 416 g/mol. The van der Waals surface area contributed by atoms with Crippen molar-refractivity contribution in [3.05, 3.63) is 86.7 Å². The van der Waals surface area contributed by atoms with Crippen molar-refractivity contribution in [2.24, 2.45) is 0 Å². The number of hydrogen-bond acceptors (Lipinski definition) is 3. The van der Waals surface area contributed by atoms with Crippen molar-refractivity contribution in [3.8, 4) is 0 Å². The van der Waals surface area contributed by atoms with Crippen LogP contribution in [0, 0.1) is 13.8 Å². The number of benzene rings is 2. The minimum Gasteiger partial charge on any atom is -0.267 e. The number of amides is 2. The summed E-state index contributed by atoms with van der Waals surface area (Å²) in [4.78, 5) is 24.8. The average molecular weight is 417 g/mol. The van der Waals surface area contributed by atoms with Crippen LogP contribution in [0.15, 0.2) is 48.5 Å². The highest BCUT2D eigenvalue weighted by atomic mass is 35.5. The van der Waals surface area contributed by atoms with Gasteiger partial charge in [-0.25, -0.2) is 0 Å². The van der Waals surface area contributed by atoms with Crippen LogP contribution >= 0.6 is 23.2 Å². The Balaban J connectivity index is 1.74. The van der Waals surface area contributed by atoms with Gasteiger partial charge in [0.2, 0.25) is 0 Å². The van der Waals surface area contributed by atoms with E-state index in [4.69, 9.17) is 23.2 Å². The van der Waals surface area contributed by atoms with Crippen LogP contribution < -0.4 is 10.9 Å². The molecule has 0 saturated heterocycles. The first-order valence-corrected chi connectivity index (χ1v) is 9.26. The Hall–Kier alpha value is -2.83. The maximum atomic E-state index is 12.6. The lowest BCUT2D eigenvalue weighted by atomic mass is 10.2.